The van der Waals surface area contributed by atoms with Crippen molar-refractivity contribution >= 4 is 26.1 Å². The molecule has 0 saturated carbocycles. The zero-order valence-corrected chi connectivity index (χ0v) is 17.2. The number of aliphatic carboxylic acids is 1. The van der Waals surface area contributed by atoms with Crippen molar-refractivity contribution in [3.05, 3.63) is 29.8 Å². The minimum atomic E-state index is -3.68. The predicted octanol–water partition coefficient (Wildman–Crippen LogP) is 1.91. The van der Waals surface area contributed by atoms with Crippen LogP contribution in [0.25, 0.3) is 0 Å². The molecule has 1 rings (SSSR count). The number of benzene rings is 1. The Morgan fingerprint density at radius 2 is 1.59 bits per heavy atom. The largest absolute Gasteiger partial charge is 0.480 e. The van der Waals surface area contributed by atoms with Crippen LogP contribution < -0.4 is 8.91 Å². The van der Waals surface area contributed by atoms with E-state index in [0.717, 1.165) is 6.42 Å². The van der Waals surface area contributed by atoms with Crippen molar-refractivity contribution in [3.63, 3.8) is 0 Å². The van der Waals surface area contributed by atoms with Crippen LogP contribution in [0.15, 0.2) is 24.3 Å². The minimum Gasteiger partial charge on any atom is -0.480 e. The molecule has 0 bridgehead atoms. The van der Waals surface area contributed by atoms with E-state index in [9.17, 15) is 26.7 Å². The number of nitrogens with one attached hydrogen (secondary N) is 1. The van der Waals surface area contributed by atoms with Gasteiger partial charge in [0, 0.05) is 0 Å². The van der Waals surface area contributed by atoms with E-state index in [2.05, 4.69) is 4.72 Å². The van der Waals surface area contributed by atoms with Gasteiger partial charge < -0.3 is 9.29 Å². The number of hydrogen-bond acceptors (Lipinski definition) is 6. The molecule has 0 saturated heterocycles. The van der Waals surface area contributed by atoms with Crippen LogP contribution in [-0.2, 0) is 31.4 Å². The summed E-state index contributed by atoms with van der Waals surface area (Å²) in [6.07, 6.45) is 2.29. The summed E-state index contributed by atoms with van der Waals surface area (Å²) in [7, 11) is -7.35. The Bertz CT molecular complexity index is 802. The van der Waals surface area contributed by atoms with E-state index >= 15 is 0 Å². The maximum Gasteiger partial charge on any atom is 0.322 e. The van der Waals surface area contributed by atoms with Gasteiger partial charge in [0.05, 0.1) is 11.5 Å². The fourth-order valence-electron chi connectivity index (χ4n) is 2.22. The molecule has 10 heteroatoms. The van der Waals surface area contributed by atoms with E-state index in [0.29, 0.717) is 24.8 Å². The first-order valence-corrected chi connectivity index (χ1v) is 12.1. The molecule has 1 aromatic carbocycles. The zero-order valence-electron chi connectivity index (χ0n) is 15.5. The first kappa shape index (κ1) is 23.4. The normalized spacial score (nSPS) is 13.3. The Labute approximate surface area is 161 Å². The lowest BCUT2D eigenvalue weighted by atomic mass is 10.1. The minimum absolute atomic E-state index is 0.0659. The summed E-state index contributed by atoms with van der Waals surface area (Å²) in [5.41, 5.74) is 0.541. The first-order chi connectivity index (χ1) is 12.6. The number of unbranched alkanes of at least 4 members (excludes halogenated alkanes) is 2. The Kier molecular flexibility index (Phi) is 9.20. The molecule has 8 nitrogen and oxygen atoms in total. The highest BCUT2D eigenvalue weighted by Crippen LogP contribution is 2.16. The van der Waals surface area contributed by atoms with Gasteiger partial charge in [-0.1, -0.05) is 38.8 Å². The van der Waals surface area contributed by atoms with Crippen LogP contribution in [0.5, 0.6) is 5.75 Å². The lowest BCUT2D eigenvalue weighted by Gasteiger charge is -2.15. The third-order valence-corrected chi connectivity index (χ3v) is 6.43. The summed E-state index contributed by atoms with van der Waals surface area (Å²) in [6.45, 7) is 3.72. The number of hydrogen-bond donors (Lipinski definition) is 2. The fraction of sp³-hybridized carbons (Fsp3) is 0.588. The highest BCUT2D eigenvalue weighted by molar-refractivity contribution is 7.89. The average molecular weight is 422 g/mol. The third-order valence-electron chi connectivity index (χ3n) is 3.72. The van der Waals surface area contributed by atoms with Crippen LogP contribution in [0.2, 0.25) is 0 Å². The van der Waals surface area contributed by atoms with Crippen LogP contribution in [0.1, 0.15) is 45.1 Å². The third kappa shape index (κ3) is 9.21. The molecule has 0 fully saturated rings. The van der Waals surface area contributed by atoms with Crippen molar-refractivity contribution in [2.24, 2.45) is 0 Å². The molecular weight excluding hydrogens is 394 g/mol. The van der Waals surface area contributed by atoms with Gasteiger partial charge in [-0.3, -0.25) is 4.79 Å². The molecule has 0 aliphatic carbocycles. The van der Waals surface area contributed by atoms with Crippen molar-refractivity contribution in [1.29, 1.82) is 0 Å². The van der Waals surface area contributed by atoms with Gasteiger partial charge in [-0.15, -0.1) is 0 Å². The first-order valence-electron chi connectivity index (χ1n) is 8.82. The highest BCUT2D eigenvalue weighted by Gasteiger charge is 2.24. The molecule has 27 heavy (non-hydrogen) atoms. The molecule has 0 aliphatic heterocycles. The van der Waals surface area contributed by atoms with E-state index in [4.69, 9.17) is 4.18 Å². The van der Waals surface area contributed by atoms with Gasteiger partial charge in [0.2, 0.25) is 10.0 Å². The van der Waals surface area contributed by atoms with Gasteiger partial charge in [-0.25, -0.2) is 13.1 Å². The second-order valence-electron chi connectivity index (χ2n) is 6.23. The maximum absolute atomic E-state index is 11.9. The summed E-state index contributed by atoms with van der Waals surface area (Å²) in [4.78, 5) is 11.4. The summed E-state index contributed by atoms with van der Waals surface area (Å²) >= 11 is 0. The summed E-state index contributed by atoms with van der Waals surface area (Å²) in [6, 6.07) is 4.57. The number of sulfonamides is 1. The molecule has 1 unspecified atom stereocenters. The predicted molar refractivity (Wildman–Crippen MR) is 103 cm³/mol. The van der Waals surface area contributed by atoms with Gasteiger partial charge in [-0.2, -0.15) is 8.42 Å². The molecule has 0 amide bonds. The second kappa shape index (κ2) is 10.6. The Balaban J connectivity index is 2.77. The van der Waals surface area contributed by atoms with E-state index in [1.807, 2.05) is 13.8 Å². The average Bonchev–Trinajstić information content (AvgIpc) is 2.59. The smallest absolute Gasteiger partial charge is 0.322 e. The molecule has 1 atom stereocenters. The Hall–Kier alpha value is -1.65. The van der Waals surface area contributed by atoms with Gasteiger partial charge in [0.15, 0.2) is 0 Å². The lowest BCUT2D eigenvalue weighted by Crippen LogP contribution is -2.43. The molecule has 0 aliphatic rings. The number of rotatable bonds is 13. The highest BCUT2D eigenvalue weighted by atomic mass is 32.2. The molecule has 0 aromatic heterocycles. The zero-order chi connectivity index (χ0) is 20.5. The second-order valence-corrected chi connectivity index (χ2v) is 9.79. The van der Waals surface area contributed by atoms with Crippen LogP contribution >= 0.6 is 0 Å². The monoisotopic (exact) mass is 421 g/mol. The summed E-state index contributed by atoms with van der Waals surface area (Å²) < 4.78 is 54.6. The topological polar surface area (TPSA) is 127 Å². The van der Waals surface area contributed by atoms with Gasteiger partial charge in [0.1, 0.15) is 11.8 Å². The number of carboxylic acid groups (broad SMARTS) is 1. The summed E-state index contributed by atoms with van der Waals surface area (Å²) in [5, 5.41) is 9.28. The van der Waals surface area contributed by atoms with Crippen LogP contribution in [-0.4, -0.2) is 45.5 Å². The van der Waals surface area contributed by atoms with Gasteiger partial charge in [0.25, 0.3) is 0 Å². The molecule has 154 valence electrons. The molecular formula is C17H27NO7S2. The van der Waals surface area contributed by atoms with E-state index < -0.39 is 32.2 Å². The standard InChI is InChI=1S/C17H27NO7S2/c1-3-5-11-26(21,22)18-16(17(19)20)13-14-7-9-15(10-8-14)25-27(23,24)12-6-4-2/h7-10,16,18H,3-6,11-13H2,1-2H3,(H,19,20). The number of carboxylic acids is 1. The van der Waals surface area contributed by atoms with Crippen LogP contribution in [0.3, 0.4) is 0 Å². The van der Waals surface area contributed by atoms with Crippen LogP contribution in [0, 0.1) is 0 Å². The van der Waals surface area contributed by atoms with Gasteiger partial charge >= 0.3 is 16.1 Å². The number of carbonyl (C=O) groups is 1. The van der Waals surface area contributed by atoms with Crippen molar-refractivity contribution in [1.82, 2.24) is 4.72 Å². The van der Waals surface area contributed by atoms with Crippen molar-refractivity contribution in [3.8, 4) is 5.75 Å². The van der Waals surface area contributed by atoms with Gasteiger partial charge in [-0.05, 0) is 37.0 Å². The molecule has 1 aromatic rings. The molecule has 2 N–H and O–H groups in total. The van der Waals surface area contributed by atoms with Crippen molar-refractivity contribution in [2.45, 2.75) is 52.0 Å². The van der Waals surface area contributed by atoms with Crippen molar-refractivity contribution in [2.75, 3.05) is 11.5 Å². The quantitative estimate of drug-likeness (QED) is 0.466. The lowest BCUT2D eigenvalue weighted by molar-refractivity contribution is -0.138. The van der Waals surface area contributed by atoms with E-state index in [1.54, 1.807) is 0 Å². The Morgan fingerprint density at radius 3 is 2.11 bits per heavy atom. The Morgan fingerprint density at radius 1 is 1.04 bits per heavy atom. The van der Waals surface area contributed by atoms with Crippen molar-refractivity contribution < 1.29 is 30.9 Å². The molecule has 0 spiro atoms. The summed E-state index contributed by atoms with van der Waals surface area (Å²) in [5.74, 6) is -1.36. The maximum atomic E-state index is 11.9. The molecule has 0 heterocycles. The van der Waals surface area contributed by atoms with Crippen LogP contribution in [0.4, 0.5) is 0 Å². The fourth-order valence-corrected chi connectivity index (χ4v) is 4.75. The SMILES string of the molecule is CCCCS(=O)(=O)NC(Cc1ccc(OS(=O)(=O)CCCC)cc1)C(=O)O. The van der Waals surface area contributed by atoms with E-state index in [-0.39, 0.29) is 23.7 Å². The van der Waals surface area contributed by atoms with E-state index in [1.165, 1.54) is 24.3 Å². The molecule has 0 radical (unpaired) electrons.